The zero-order valence-electron chi connectivity index (χ0n) is 15.3. The van der Waals surface area contributed by atoms with Crippen LogP contribution in [-0.2, 0) is 4.79 Å². The number of rotatable bonds is 5. The zero-order chi connectivity index (χ0) is 17.7. The van der Waals surface area contributed by atoms with Crippen molar-refractivity contribution in [1.29, 1.82) is 0 Å². The number of nitrogens with one attached hydrogen (secondary N) is 1. The highest BCUT2D eigenvalue weighted by atomic mass is 16.2. The highest BCUT2D eigenvalue weighted by Gasteiger charge is 2.25. The van der Waals surface area contributed by atoms with E-state index in [9.17, 15) is 9.59 Å². The first-order valence-corrected chi connectivity index (χ1v) is 9.05. The lowest BCUT2D eigenvalue weighted by Gasteiger charge is -2.33. The Kier molecular flexibility index (Phi) is 6.41. The van der Waals surface area contributed by atoms with Crippen LogP contribution in [0.25, 0.3) is 0 Å². The van der Waals surface area contributed by atoms with Crippen molar-refractivity contribution < 1.29 is 9.59 Å². The van der Waals surface area contributed by atoms with Gasteiger partial charge in [-0.25, -0.2) is 0 Å². The summed E-state index contributed by atoms with van der Waals surface area (Å²) >= 11 is 0. The Hall–Kier alpha value is -1.84. The minimum atomic E-state index is 0.00537. The van der Waals surface area contributed by atoms with E-state index in [-0.39, 0.29) is 17.7 Å². The van der Waals surface area contributed by atoms with Gasteiger partial charge in [-0.1, -0.05) is 39.8 Å². The highest BCUT2D eigenvalue weighted by Crippen LogP contribution is 2.20. The standard InChI is InChI=1S/C20H30N2O2/c1-14(2)17-7-9-18(10-8-17)20(24)22-11-5-6-16(13-22)12-21-19(23)15(3)4/h7-10,14-16H,5-6,11-13H2,1-4H3,(H,21,23). The molecule has 1 atom stereocenters. The molecule has 0 aliphatic carbocycles. The van der Waals surface area contributed by atoms with Gasteiger partial charge in [0.05, 0.1) is 0 Å². The maximum atomic E-state index is 12.7. The van der Waals surface area contributed by atoms with Crippen LogP contribution in [0, 0.1) is 11.8 Å². The molecule has 1 saturated heterocycles. The van der Waals surface area contributed by atoms with E-state index in [2.05, 4.69) is 19.2 Å². The molecule has 1 aromatic carbocycles. The van der Waals surface area contributed by atoms with Crippen LogP contribution in [-0.4, -0.2) is 36.3 Å². The number of carbonyl (C=O) groups excluding carboxylic acids is 2. The summed E-state index contributed by atoms with van der Waals surface area (Å²) in [5.41, 5.74) is 2.01. The van der Waals surface area contributed by atoms with Gasteiger partial charge in [-0.05, 0) is 42.4 Å². The second-order valence-corrected chi connectivity index (χ2v) is 7.44. The van der Waals surface area contributed by atoms with Crippen LogP contribution in [0.15, 0.2) is 24.3 Å². The minimum absolute atomic E-state index is 0.00537. The van der Waals surface area contributed by atoms with Crippen LogP contribution in [0.5, 0.6) is 0 Å². The number of hydrogen-bond acceptors (Lipinski definition) is 2. The van der Waals surface area contributed by atoms with Crippen LogP contribution in [0.4, 0.5) is 0 Å². The molecule has 1 aliphatic rings. The molecule has 1 aromatic rings. The minimum Gasteiger partial charge on any atom is -0.356 e. The fourth-order valence-corrected chi connectivity index (χ4v) is 3.06. The van der Waals surface area contributed by atoms with Gasteiger partial charge in [0.15, 0.2) is 0 Å². The van der Waals surface area contributed by atoms with Gasteiger partial charge >= 0.3 is 0 Å². The molecule has 2 amide bonds. The van der Waals surface area contributed by atoms with Crippen molar-refractivity contribution >= 4 is 11.8 Å². The number of likely N-dealkylation sites (tertiary alicyclic amines) is 1. The summed E-state index contributed by atoms with van der Waals surface area (Å²) in [5.74, 6) is 1.01. The maximum Gasteiger partial charge on any atom is 0.253 e. The molecule has 0 bridgehead atoms. The highest BCUT2D eigenvalue weighted by molar-refractivity contribution is 5.94. The molecule has 4 nitrogen and oxygen atoms in total. The third kappa shape index (κ3) is 4.83. The smallest absolute Gasteiger partial charge is 0.253 e. The molecular formula is C20H30N2O2. The number of amides is 2. The lowest BCUT2D eigenvalue weighted by atomic mass is 9.96. The van der Waals surface area contributed by atoms with Crippen molar-refractivity contribution in [3.05, 3.63) is 35.4 Å². The van der Waals surface area contributed by atoms with Crippen molar-refractivity contribution in [2.45, 2.75) is 46.5 Å². The Labute approximate surface area is 145 Å². The van der Waals surface area contributed by atoms with E-state index < -0.39 is 0 Å². The van der Waals surface area contributed by atoms with Gasteiger partial charge in [0, 0.05) is 31.1 Å². The molecule has 1 unspecified atom stereocenters. The lowest BCUT2D eigenvalue weighted by Crippen LogP contribution is -2.44. The van der Waals surface area contributed by atoms with Crippen LogP contribution >= 0.6 is 0 Å². The van der Waals surface area contributed by atoms with Crippen LogP contribution in [0.3, 0.4) is 0 Å². The summed E-state index contributed by atoms with van der Waals surface area (Å²) in [4.78, 5) is 26.4. The molecule has 0 saturated carbocycles. The number of benzene rings is 1. The fraction of sp³-hybridized carbons (Fsp3) is 0.600. The SMILES string of the molecule is CC(C)C(=O)NCC1CCCN(C(=O)c2ccc(C(C)C)cc2)C1. The molecule has 2 rings (SSSR count). The topological polar surface area (TPSA) is 49.4 Å². The molecule has 132 valence electrons. The Morgan fingerprint density at radius 3 is 2.42 bits per heavy atom. The number of piperidine rings is 1. The summed E-state index contributed by atoms with van der Waals surface area (Å²) in [6, 6.07) is 7.95. The summed E-state index contributed by atoms with van der Waals surface area (Å²) in [6.45, 7) is 10.3. The molecule has 1 fully saturated rings. The first kappa shape index (κ1) is 18.5. The maximum absolute atomic E-state index is 12.7. The van der Waals surface area contributed by atoms with Crippen LogP contribution in [0.1, 0.15) is 62.4 Å². The predicted molar refractivity (Wildman–Crippen MR) is 97.0 cm³/mol. The fourth-order valence-electron chi connectivity index (χ4n) is 3.06. The zero-order valence-corrected chi connectivity index (χ0v) is 15.3. The van der Waals surface area contributed by atoms with E-state index in [1.165, 1.54) is 5.56 Å². The molecular weight excluding hydrogens is 300 g/mol. The molecule has 1 heterocycles. The van der Waals surface area contributed by atoms with Crippen molar-refractivity contribution in [2.75, 3.05) is 19.6 Å². The summed E-state index contributed by atoms with van der Waals surface area (Å²) in [7, 11) is 0. The number of carbonyl (C=O) groups is 2. The Morgan fingerprint density at radius 2 is 1.83 bits per heavy atom. The summed E-state index contributed by atoms with van der Waals surface area (Å²) in [5, 5.41) is 2.99. The van der Waals surface area contributed by atoms with Gasteiger partial charge in [-0.2, -0.15) is 0 Å². The molecule has 0 radical (unpaired) electrons. The second kappa shape index (κ2) is 8.32. The van der Waals surface area contributed by atoms with Gasteiger partial charge in [0.1, 0.15) is 0 Å². The molecule has 1 aliphatic heterocycles. The second-order valence-electron chi connectivity index (χ2n) is 7.44. The molecule has 4 heteroatoms. The Bertz CT molecular complexity index is 564. The normalized spacial score (nSPS) is 18.1. The van der Waals surface area contributed by atoms with E-state index >= 15 is 0 Å². The van der Waals surface area contributed by atoms with Gasteiger partial charge < -0.3 is 10.2 Å². The number of nitrogens with zero attached hydrogens (tertiary/aromatic N) is 1. The quantitative estimate of drug-likeness (QED) is 0.899. The lowest BCUT2D eigenvalue weighted by molar-refractivity contribution is -0.124. The van der Waals surface area contributed by atoms with E-state index in [1.807, 2.05) is 43.0 Å². The van der Waals surface area contributed by atoms with Crippen molar-refractivity contribution in [1.82, 2.24) is 10.2 Å². The molecule has 24 heavy (non-hydrogen) atoms. The van der Waals surface area contributed by atoms with E-state index in [1.54, 1.807) is 0 Å². The summed E-state index contributed by atoms with van der Waals surface area (Å²) < 4.78 is 0. The van der Waals surface area contributed by atoms with Gasteiger partial charge in [0.2, 0.25) is 5.91 Å². The van der Waals surface area contributed by atoms with Gasteiger partial charge in [0.25, 0.3) is 5.91 Å². The van der Waals surface area contributed by atoms with Crippen LogP contribution in [0.2, 0.25) is 0 Å². The average molecular weight is 330 g/mol. The third-order valence-corrected chi connectivity index (χ3v) is 4.72. The first-order chi connectivity index (χ1) is 11.4. The number of hydrogen-bond donors (Lipinski definition) is 1. The predicted octanol–water partition coefficient (Wildman–Crippen LogP) is 3.43. The van der Waals surface area contributed by atoms with Crippen molar-refractivity contribution in [3.8, 4) is 0 Å². The van der Waals surface area contributed by atoms with E-state index in [4.69, 9.17) is 0 Å². The molecule has 0 aromatic heterocycles. The van der Waals surface area contributed by atoms with E-state index in [0.29, 0.717) is 18.4 Å². The first-order valence-electron chi connectivity index (χ1n) is 9.05. The summed E-state index contributed by atoms with van der Waals surface area (Å²) in [6.07, 6.45) is 2.06. The largest absolute Gasteiger partial charge is 0.356 e. The Balaban J connectivity index is 1.93. The average Bonchev–Trinajstić information content (AvgIpc) is 2.59. The van der Waals surface area contributed by atoms with Crippen LogP contribution < -0.4 is 5.32 Å². The third-order valence-electron chi connectivity index (χ3n) is 4.72. The monoisotopic (exact) mass is 330 g/mol. The van der Waals surface area contributed by atoms with Gasteiger partial charge in [-0.15, -0.1) is 0 Å². The van der Waals surface area contributed by atoms with Crippen molar-refractivity contribution in [3.63, 3.8) is 0 Å². The molecule has 1 N–H and O–H groups in total. The Morgan fingerprint density at radius 1 is 1.17 bits per heavy atom. The van der Waals surface area contributed by atoms with Crippen molar-refractivity contribution in [2.24, 2.45) is 11.8 Å². The van der Waals surface area contributed by atoms with Gasteiger partial charge in [-0.3, -0.25) is 9.59 Å². The molecule has 0 spiro atoms. The van der Waals surface area contributed by atoms with E-state index in [0.717, 1.165) is 31.5 Å².